The normalized spacial score (nSPS) is 9.90. The molecule has 0 aliphatic heterocycles. The van der Waals surface area contributed by atoms with Crippen LogP contribution in [0.25, 0.3) is 0 Å². The van der Waals surface area contributed by atoms with Crippen LogP contribution in [0.15, 0.2) is 36.5 Å². The van der Waals surface area contributed by atoms with Crippen LogP contribution in [-0.2, 0) is 0 Å². The minimum atomic E-state index is -1.06. The van der Waals surface area contributed by atoms with Crippen molar-refractivity contribution >= 4 is 17.3 Å². The van der Waals surface area contributed by atoms with Gasteiger partial charge in [0.15, 0.2) is 0 Å². The van der Waals surface area contributed by atoms with Gasteiger partial charge in [-0.2, -0.15) is 0 Å². The Labute approximate surface area is 116 Å². The number of nitrogens with one attached hydrogen (secondary N) is 1. The molecule has 6 nitrogen and oxygen atoms in total. The average Bonchev–Trinajstić information content (AvgIpc) is 2.47. The first-order valence-electron chi connectivity index (χ1n) is 5.82. The Morgan fingerprint density at radius 2 is 1.75 bits per heavy atom. The van der Waals surface area contributed by atoms with Gasteiger partial charge in [-0.3, -0.25) is 0 Å². The predicted molar refractivity (Wildman–Crippen MR) is 74.0 cm³/mol. The molecule has 2 rings (SSSR count). The van der Waals surface area contributed by atoms with E-state index in [9.17, 15) is 4.79 Å². The predicted octanol–water partition coefficient (Wildman–Crippen LogP) is 2.54. The molecule has 0 amide bonds. The first-order chi connectivity index (χ1) is 9.62. The van der Waals surface area contributed by atoms with Gasteiger partial charge in [0.1, 0.15) is 17.2 Å². The molecule has 2 aromatic rings. The number of hydrogen-bond donors (Lipinski definition) is 2. The number of pyridine rings is 1. The summed E-state index contributed by atoms with van der Waals surface area (Å²) < 4.78 is 10.3. The van der Waals surface area contributed by atoms with Crippen molar-refractivity contribution in [2.24, 2.45) is 0 Å². The van der Waals surface area contributed by atoms with Gasteiger partial charge in [0.2, 0.25) is 0 Å². The van der Waals surface area contributed by atoms with Gasteiger partial charge in [-0.1, -0.05) is 0 Å². The number of aromatic nitrogens is 1. The lowest BCUT2D eigenvalue weighted by atomic mass is 10.2. The molecule has 2 N–H and O–H groups in total. The molecule has 0 fully saturated rings. The van der Waals surface area contributed by atoms with Crippen LogP contribution < -0.4 is 14.8 Å². The second-order valence-corrected chi connectivity index (χ2v) is 3.96. The molecule has 0 atom stereocenters. The van der Waals surface area contributed by atoms with E-state index in [0.717, 1.165) is 5.69 Å². The molecule has 0 aliphatic carbocycles. The van der Waals surface area contributed by atoms with E-state index in [-0.39, 0.29) is 5.69 Å². The number of hydrogen-bond acceptors (Lipinski definition) is 5. The molecule has 1 aromatic carbocycles. The van der Waals surface area contributed by atoms with E-state index in [0.29, 0.717) is 17.2 Å². The zero-order valence-electron chi connectivity index (χ0n) is 11.1. The molecule has 6 heteroatoms. The average molecular weight is 274 g/mol. The fourth-order valence-corrected chi connectivity index (χ4v) is 1.64. The Kier molecular flexibility index (Phi) is 4.05. The monoisotopic (exact) mass is 274 g/mol. The third kappa shape index (κ3) is 3.17. The molecule has 0 unspecified atom stereocenters. The lowest BCUT2D eigenvalue weighted by Gasteiger charge is -2.10. The van der Waals surface area contributed by atoms with E-state index >= 15 is 0 Å². The van der Waals surface area contributed by atoms with Crippen molar-refractivity contribution in [3.8, 4) is 11.5 Å². The minimum Gasteiger partial charge on any atom is -0.497 e. The third-order valence-electron chi connectivity index (χ3n) is 2.62. The molecule has 0 saturated carbocycles. The highest BCUT2D eigenvalue weighted by Crippen LogP contribution is 2.27. The third-order valence-corrected chi connectivity index (χ3v) is 2.62. The standard InChI is InChI=1S/C14H14N2O4/c1-19-11-5-10(6-12(7-11)20-2)16-9-3-4-13(14(17)18)15-8-9/h3-8,16H,1-2H3,(H,17,18). The van der Waals surface area contributed by atoms with Crippen LogP contribution in [0.2, 0.25) is 0 Å². The van der Waals surface area contributed by atoms with Gasteiger partial charge < -0.3 is 19.9 Å². The van der Waals surface area contributed by atoms with Crippen molar-refractivity contribution < 1.29 is 19.4 Å². The van der Waals surface area contributed by atoms with E-state index < -0.39 is 5.97 Å². The van der Waals surface area contributed by atoms with Crippen molar-refractivity contribution in [3.05, 3.63) is 42.2 Å². The van der Waals surface area contributed by atoms with Gasteiger partial charge in [0, 0.05) is 23.9 Å². The van der Waals surface area contributed by atoms with Crippen molar-refractivity contribution in [3.63, 3.8) is 0 Å². The number of carbonyl (C=O) groups is 1. The van der Waals surface area contributed by atoms with Crippen LogP contribution in [0.4, 0.5) is 11.4 Å². The van der Waals surface area contributed by atoms with Gasteiger partial charge >= 0.3 is 5.97 Å². The number of carboxylic acids is 1. The van der Waals surface area contributed by atoms with Crippen LogP contribution in [0, 0.1) is 0 Å². The second-order valence-electron chi connectivity index (χ2n) is 3.96. The SMILES string of the molecule is COc1cc(Nc2ccc(C(=O)O)nc2)cc(OC)c1. The van der Waals surface area contributed by atoms with E-state index in [4.69, 9.17) is 14.6 Å². The first-order valence-corrected chi connectivity index (χ1v) is 5.82. The highest BCUT2D eigenvalue weighted by molar-refractivity contribution is 5.85. The maximum atomic E-state index is 10.7. The number of carboxylic acid groups (broad SMARTS) is 1. The Morgan fingerprint density at radius 3 is 2.20 bits per heavy atom. The number of ether oxygens (including phenoxy) is 2. The van der Waals surface area contributed by atoms with Crippen LogP contribution >= 0.6 is 0 Å². The van der Waals surface area contributed by atoms with Gasteiger partial charge in [-0.05, 0) is 12.1 Å². The number of methoxy groups -OCH3 is 2. The molecule has 0 aliphatic rings. The molecule has 1 aromatic heterocycles. The summed E-state index contributed by atoms with van der Waals surface area (Å²) in [4.78, 5) is 14.6. The molecule has 0 bridgehead atoms. The Morgan fingerprint density at radius 1 is 1.10 bits per heavy atom. The smallest absolute Gasteiger partial charge is 0.354 e. The maximum absolute atomic E-state index is 10.7. The van der Waals surface area contributed by atoms with Crippen LogP contribution in [0.5, 0.6) is 11.5 Å². The molecule has 0 spiro atoms. The number of benzene rings is 1. The fourth-order valence-electron chi connectivity index (χ4n) is 1.64. The second kappa shape index (κ2) is 5.92. The zero-order valence-corrected chi connectivity index (χ0v) is 11.1. The number of rotatable bonds is 5. The van der Waals surface area contributed by atoms with Crippen LogP contribution in [0.3, 0.4) is 0 Å². The summed E-state index contributed by atoms with van der Waals surface area (Å²) in [6, 6.07) is 8.43. The summed E-state index contributed by atoms with van der Waals surface area (Å²) in [5.41, 5.74) is 1.43. The first kappa shape index (κ1) is 13.7. The topological polar surface area (TPSA) is 80.7 Å². The summed E-state index contributed by atoms with van der Waals surface area (Å²) in [6.07, 6.45) is 1.45. The number of aromatic carboxylic acids is 1. The van der Waals surface area contributed by atoms with Gasteiger partial charge in [0.25, 0.3) is 0 Å². The number of anilines is 2. The Hall–Kier alpha value is -2.76. The zero-order chi connectivity index (χ0) is 14.5. The quantitative estimate of drug-likeness (QED) is 0.872. The van der Waals surface area contributed by atoms with Crippen molar-refractivity contribution in [1.29, 1.82) is 0 Å². The Bertz CT molecular complexity index is 589. The lowest BCUT2D eigenvalue weighted by molar-refractivity contribution is 0.0690. The maximum Gasteiger partial charge on any atom is 0.354 e. The van der Waals surface area contributed by atoms with Crippen LogP contribution in [0.1, 0.15) is 10.5 Å². The lowest BCUT2D eigenvalue weighted by Crippen LogP contribution is -2.00. The summed E-state index contributed by atoms with van der Waals surface area (Å²) >= 11 is 0. The van der Waals surface area contributed by atoms with Crippen molar-refractivity contribution in [2.45, 2.75) is 0 Å². The molecule has 104 valence electrons. The molecule has 1 heterocycles. The molecular formula is C14H14N2O4. The van der Waals surface area contributed by atoms with Gasteiger partial charge in [-0.25, -0.2) is 9.78 Å². The Balaban J connectivity index is 2.22. The summed E-state index contributed by atoms with van der Waals surface area (Å²) in [5.74, 6) is 0.253. The highest BCUT2D eigenvalue weighted by atomic mass is 16.5. The van der Waals surface area contributed by atoms with Gasteiger partial charge in [-0.15, -0.1) is 0 Å². The van der Waals surface area contributed by atoms with Crippen LogP contribution in [-0.4, -0.2) is 30.3 Å². The van der Waals surface area contributed by atoms with Crippen molar-refractivity contribution in [2.75, 3.05) is 19.5 Å². The molecule has 0 saturated heterocycles. The molecule has 20 heavy (non-hydrogen) atoms. The van der Waals surface area contributed by atoms with E-state index in [1.54, 1.807) is 38.5 Å². The number of nitrogens with zero attached hydrogens (tertiary/aromatic N) is 1. The molecule has 0 radical (unpaired) electrons. The highest BCUT2D eigenvalue weighted by Gasteiger charge is 2.05. The summed E-state index contributed by atoms with van der Waals surface area (Å²) in [7, 11) is 3.14. The summed E-state index contributed by atoms with van der Waals surface area (Å²) in [6.45, 7) is 0. The summed E-state index contributed by atoms with van der Waals surface area (Å²) in [5, 5.41) is 11.9. The fraction of sp³-hybridized carbons (Fsp3) is 0.143. The largest absolute Gasteiger partial charge is 0.497 e. The van der Waals surface area contributed by atoms with E-state index in [2.05, 4.69) is 10.3 Å². The van der Waals surface area contributed by atoms with Gasteiger partial charge in [0.05, 0.1) is 26.1 Å². The minimum absolute atomic E-state index is 0.00114. The molecular weight excluding hydrogens is 260 g/mol. The van der Waals surface area contributed by atoms with E-state index in [1.807, 2.05) is 0 Å². The van der Waals surface area contributed by atoms with Crippen molar-refractivity contribution in [1.82, 2.24) is 4.98 Å². The van der Waals surface area contributed by atoms with E-state index in [1.165, 1.54) is 12.3 Å².